The Labute approximate surface area is 226 Å². The molecule has 3 heterocycles. The standard InChI is InChI=1S/C31H41N5O2/c1-31(2,3)27-12-10-25(11-13-27)29-33-28(38-34-29)22-36-18-14-26(15-19-36)30(37)32-20-23-6-8-24(9-7-23)21-35-16-4-5-17-35/h6-13,26H,4-5,14-22H2,1-3H3,(H,32,37). The summed E-state index contributed by atoms with van der Waals surface area (Å²) in [7, 11) is 0. The van der Waals surface area contributed by atoms with Crippen molar-refractivity contribution >= 4 is 5.91 Å². The van der Waals surface area contributed by atoms with Crippen LogP contribution in [-0.2, 0) is 29.8 Å². The molecule has 1 aromatic heterocycles. The number of carbonyl (C=O) groups is 1. The molecular weight excluding hydrogens is 474 g/mol. The molecule has 2 aliphatic rings. The summed E-state index contributed by atoms with van der Waals surface area (Å²) < 4.78 is 5.54. The van der Waals surface area contributed by atoms with Crippen LogP contribution in [0, 0.1) is 5.92 Å². The minimum atomic E-state index is 0.0558. The molecule has 1 N–H and O–H groups in total. The number of amides is 1. The predicted octanol–water partition coefficient (Wildman–Crippen LogP) is 5.16. The molecule has 38 heavy (non-hydrogen) atoms. The normalized spacial score (nSPS) is 17.7. The fourth-order valence-corrected chi connectivity index (χ4v) is 5.40. The summed E-state index contributed by atoms with van der Waals surface area (Å²) in [5.74, 6) is 1.46. The van der Waals surface area contributed by atoms with Crippen LogP contribution in [0.1, 0.15) is 69.0 Å². The van der Waals surface area contributed by atoms with Crippen LogP contribution in [0.2, 0.25) is 0 Å². The molecule has 7 heteroatoms. The van der Waals surface area contributed by atoms with Gasteiger partial charge in [-0.05, 0) is 74.0 Å². The van der Waals surface area contributed by atoms with Crippen LogP contribution in [0.15, 0.2) is 53.1 Å². The molecule has 0 aliphatic carbocycles. The van der Waals surface area contributed by atoms with Crippen molar-refractivity contribution in [1.82, 2.24) is 25.3 Å². The average molecular weight is 516 g/mol. The minimum Gasteiger partial charge on any atom is -0.352 e. The van der Waals surface area contributed by atoms with Gasteiger partial charge >= 0.3 is 0 Å². The van der Waals surface area contributed by atoms with Crippen molar-refractivity contribution in [1.29, 1.82) is 0 Å². The Balaban J connectivity index is 1.05. The molecule has 2 aromatic carbocycles. The van der Waals surface area contributed by atoms with E-state index in [4.69, 9.17) is 4.52 Å². The largest absolute Gasteiger partial charge is 0.352 e. The van der Waals surface area contributed by atoms with Crippen molar-refractivity contribution in [3.05, 3.63) is 71.1 Å². The molecule has 1 amide bonds. The van der Waals surface area contributed by atoms with Crippen LogP contribution in [0.3, 0.4) is 0 Å². The van der Waals surface area contributed by atoms with E-state index in [0.717, 1.165) is 43.6 Å². The Hall–Kier alpha value is -3.03. The lowest BCUT2D eigenvalue weighted by Crippen LogP contribution is -2.40. The number of benzene rings is 2. The van der Waals surface area contributed by atoms with Crippen molar-refractivity contribution in [2.45, 2.75) is 71.5 Å². The van der Waals surface area contributed by atoms with Crippen molar-refractivity contribution in [3.8, 4) is 11.4 Å². The predicted molar refractivity (Wildman–Crippen MR) is 149 cm³/mol. The molecule has 2 aliphatic heterocycles. The molecule has 7 nitrogen and oxygen atoms in total. The number of carbonyl (C=O) groups excluding carboxylic acids is 1. The highest BCUT2D eigenvalue weighted by molar-refractivity contribution is 5.78. The Morgan fingerprint density at radius 3 is 2.18 bits per heavy atom. The first-order chi connectivity index (χ1) is 18.3. The molecule has 0 bridgehead atoms. The zero-order valence-corrected chi connectivity index (χ0v) is 23.1. The lowest BCUT2D eigenvalue weighted by molar-refractivity contribution is -0.126. The van der Waals surface area contributed by atoms with E-state index in [1.54, 1.807) is 0 Å². The quantitative estimate of drug-likeness (QED) is 0.447. The fourth-order valence-electron chi connectivity index (χ4n) is 5.40. The van der Waals surface area contributed by atoms with Gasteiger partial charge in [0, 0.05) is 24.6 Å². The van der Waals surface area contributed by atoms with Gasteiger partial charge in [0.15, 0.2) is 0 Å². The molecule has 3 aromatic rings. The highest BCUT2D eigenvalue weighted by Crippen LogP contribution is 2.25. The lowest BCUT2D eigenvalue weighted by atomic mass is 9.87. The molecule has 0 atom stereocenters. The molecule has 5 rings (SSSR count). The van der Waals surface area contributed by atoms with Gasteiger partial charge in [-0.15, -0.1) is 0 Å². The van der Waals surface area contributed by atoms with Crippen LogP contribution in [-0.4, -0.2) is 52.0 Å². The van der Waals surface area contributed by atoms with Crippen LogP contribution >= 0.6 is 0 Å². The molecule has 2 fully saturated rings. The Bertz CT molecular complexity index is 1180. The second-order valence-electron chi connectivity index (χ2n) is 11.9. The number of aromatic nitrogens is 2. The second kappa shape index (κ2) is 11.8. The van der Waals surface area contributed by atoms with E-state index in [0.29, 0.717) is 24.8 Å². The number of rotatable bonds is 8. The van der Waals surface area contributed by atoms with E-state index in [1.165, 1.54) is 37.1 Å². The van der Waals surface area contributed by atoms with Crippen LogP contribution in [0.4, 0.5) is 0 Å². The molecule has 202 valence electrons. The maximum Gasteiger partial charge on any atom is 0.241 e. The molecule has 2 saturated heterocycles. The van der Waals surface area contributed by atoms with Gasteiger partial charge in [0.05, 0.1) is 6.54 Å². The number of likely N-dealkylation sites (tertiary alicyclic amines) is 2. The second-order valence-corrected chi connectivity index (χ2v) is 11.9. The fraction of sp³-hybridized carbons (Fsp3) is 0.516. The highest BCUT2D eigenvalue weighted by atomic mass is 16.5. The summed E-state index contributed by atoms with van der Waals surface area (Å²) in [5.41, 5.74) is 4.86. The zero-order valence-electron chi connectivity index (χ0n) is 23.1. The number of hydrogen-bond donors (Lipinski definition) is 1. The van der Waals surface area contributed by atoms with Crippen LogP contribution in [0.25, 0.3) is 11.4 Å². The van der Waals surface area contributed by atoms with E-state index in [-0.39, 0.29) is 17.2 Å². The first kappa shape index (κ1) is 26.6. The zero-order chi connectivity index (χ0) is 26.5. The summed E-state index contributed by atoms with van der Waals surface area (Å²) in [6.07, 6.45) is 4.31. The highest BCUT2D eigenvalue weighted by Gasteiger charge is 2.26. The van der Waals surface area contributed by atoms with E-state index >= 15 is 0 Å². The number of nitrogens with one attached hydrogen (secondary N) is 1. The Morgan fingerprint density at radius 2 is 1.53 bits per heavy atom. The van der Waals surface area contributed by atoms with Gasteiger partial charge in [-0.3, -0.25) is 14.6 Å². The SMILES string of the molecule is CC(C)(C)c1ccc(-c2noc(CN3CCC(C(=O)NCc4ccc(CN5CCCC5)cc4)CC3)n2)cc1. The summed E-state index contributed by atoms with van der Waals surface area (Å²) in [6.45, 7) is 13.0. The van der Waals surface area contributed by atoms with Crippen molar-refractivity contribution in [3.63, 3.8) is 0 Å². The van der Waals surface area contributed by atoms with Crippen LogP contribution < -0.4 is 5.32 Å². The van der Waals surface area contributed by atoms with Crippen molar-refractivity contribution in [2.24, 2.45) is 5.92 Å². The maximum absolute atomic E-state index is 12.8. The van der Waals surface area contributed by atoms with Gasteiger partial charge in [-0.25, -0.2) is 0 Å². The number of nitrogens with zero attached hydrogens (tertiary/aromatic N) is 4. The van der Waals surface area contributed by atoms with Gasteiger partial charge in [0.1, 0.15) is 0 Å². The topological polar surface area (TPSA) is 74.5 Å². The minimum absolute atomic E-state index is 0.0558. The summed E-state index contributed by atoms with van der Waals surface area (Å²) in [4.78, 5) is 22.2. The third kappa shape index (κ3) is 6.88. The average Bonchev–Trinajstić information content (AvgIpc) is 3.61. The van der Waals surface area contributed by atoms with E-state index in [9.17, 15) is 4.79 Å². The van der Waals surface area contributed by atoms with E-state index < -0.39 is 0 Å². The third-order valence-electron chi connectivity index (χ3n) is 7.89. The molecule has 0 unspecified atom stereocenters. The molecule has 0 radical (unpaired) electrons. The van der Waals surface area contributed by atoms with Crippen LogP contribution in [0.5, 0.6) is 0 Å². The Morgan fingerprint density at radius 1 is 0.895 bits per heavy atom. The summed E-state index contributed by atoms with van der Waals surface area (Å²) >= 11 is 0. The lowest BCUT2D eigenvalue weighted by Gasteiger charge is -2.30. The van der Waals surface area contributed by atoms with Crippen molar-refractivity contribution in [2.75, 3.05) is 26.2 Å². The third-order valence-corrected chi connectivity index (χ3v) is 7.89. The van der Waals surface area contributed by atoms with Gasteiger partial charge in [-0.2, -0.15) is 4.98 Å². The first-order valence-corrected chi connectivity index (χ1v) is 14.1. The summed E-state index contributed by atoms with van der Waals surface area (Å²) in [6, 6.07) is 17.1. The maximum atomic E-state index is 12.8. The first-order valence-electron chi connectivity index (χ1n) is 14.1. The van der Waals surface area contributed by atoms with E-state index in [1.807, 2.05) is 0 Å². The van der Waals surface area contributed by atoms with E-state index in [2.05, 4.69) is 94.6 Å². The van der Waals surface area contributed by atoms with Gasteiger partial charge in [0.2, 0.25) is 17.6 Å². The number of piperidine rings is 1. The van der Waals surface area contributed by atoms with Gasteiger partial charge in [0.25, 0.3) is 0 Å². The summed E-state index contributed by atoms with van der Waals surface area (Å²) in [5, 5.41) is 7.34. The van der Waals surface area contributed by atoms with Gasteiger partial charge < -0.3 is 9.84 Å². The Kier molecular flexibility index (Phi) is 8.24. The number of hydrogen-bond acceptors (Lipinski definition) is 6. The molecule has 0 saturated carbocycles. The van der Waals surface area contributed by atoms with Crippen molar-refractivity contribution < 1.29 is 9.32 Å². The molecule has 0 spiro atoms. The van der Waals surface area contributed by atoms with Gasteiger partial charge in [-0.1, -0.05) is 74.5 Å². The smallest absolute Gasteiger partial charge is 0.241 e. The monoisotopic (exact) mass is 515 g/mol. The molecular formula is C31H41N5O2.